The summed E-state index contributed by atoms with van der Waals surface area (Å²) in [5.41, 5.74) is 2.79. The Kier molecular flexibility index (Phi) is 5.39. The van der Waals surface area contributed by atoms with Crippen LogP contribution in [-0.2, 0) is 6.42 Å². The predicted molar refractivity (Wildman–Crippen MR) is 90.3 cm³/mol. The molecule has 0 aliphatic rings. The summed E-state index contributed by atoms with van der Waals surface area (Å²) < 4.78 is 0. The zero-order valence-corrected chi connectivity index (χ0v) is 13.6. The third-order valence-electron chi connectivity index (χ3n) is 3.32. The highest BCUT2D eigenvalue weighted by molar-refractivity contribution is 7.09. The number of carbonyl (C=O) groups is 1. The summed E-state index contributed by atoms with van der Waals surface area (Å²) in [6.07, 6.45) is 0.873. The first kappa shape index (κ1) is 15.6. The minimum atomic E-state index is -0.000366. The highest BCUT2D eigenvalue weighted by Crippen LogP contribution is 2.16. The van der Waals surface area contributed by atoms with Crippen molar-refractivity contribution in [1.29, 1.82) is 0 Å². The summed E-state index contributed by atoms with van der Waals surface area (Å²) >= 11 is 1.73. The van der Waals surface area contributed by atoms with Crippen molar-refractivity contribution in [2.45, 2.75) is 33.2 Å². The van der Waals surface area contributed by atoms with Crippen LogP contribution in [0.1, 0.15) is 34.6 Å². The number of rotatable bonds is 6. The van der Waals surface area contributed by atoms with Crippen LogP contribution in [0.5, 0.6) is 0 Å². The van der Waals surface area contributed by atoms with Crippen molar-refractivity contribution in [2.75, 3.05) is 11.9 Å². The minimum Gasteiger partial charge on any atom is -0.385 e. The van der Waals surface area contributed by atoms with E-state index in [1.807, 2.05) is 38.1 Å². The van der Waals surface area contributed by atoms with E-state index < -0.39 is 0 Å². The maximum Gasteiger partial charge on any atom is 0.251 e. The van der Waals surface area contributed by atoms with E-state index in [0.717, 1.165) is 29.8 Å². The van der Waals surface area contributed by atoms with Crippen molar-refractivity contribution < 1.29 is 4.79 Å². The molecule has 0 fully saturated rings. The molecule has 21 heavy (non-hydrogen) atoms. The number of hydrogen-bond acceptors (Lipinski definition) is 3. The van der Waals surface area contributed by atoms with Gasteiger partial charge in [0.1, 0.15) is 0 Å². The Bertz CT molecular complexity index is 593. The van der Waals surface area contributed by atoms with Crippen LogP contribution >= 0.6 is 11.3 Å². The molecule has 0 aliphatic heterocycles. The molecule has 2 rings (SSSR count). The molecule has 1 aromatic heterocycles. The number of anilines is 1. The van der Waals surface area contributed by atoms with Crippen molar-refractivity contribution >= 4 is 22.9 Å². The Morgan fingerprint density at radius 2 is 2.14 bits per heavy atom. The molecule has 2 N–H and O–H groups in total. The summed E-state index contributed by atoms with van der Waals surface area (Å²) in [7, 11) is 0. The molecule has 1 unspecified atom stereocenters. The third kappa shape index (κ3) is 4.33. The quantitative estimate of drug-likeness (QED) is 0.851. The summed E-state index contributed by atoms with van der Waals surface area (Å²) in [6.45, 7) is 6.95. The topological polar surface area (TPSA) is 41.1 Å². The van der Waals surface area contributed by atoms with E-state index >= 15 is 0 Å². The summed E-state index contributed by atoms with van der Waals surface area (Å²) in [5.74, 6) is -0.000366. The van der Waals surface area contributed by atoms with Gasteiger partial charge in [-0.15, -0.1) is 11.3 Å². The zero-order valence-electron chi connectivity index (χ0n) is 12.8. The van der Waals surface area contributed by atoms with Gasteiger partial charge in [0.05, 0.1) is 0 Å². The van der Waals surface area contributed by atoms with Gasteiger partial charge in [-0.05, 0) is 56.0 Å². The SMILES string of the molecule is CCNc1ccc(C(=O)NC(C)Cc2cccs2)c(C)c1. The van der Waals surface area contributed by atoms with Crippen molar-refractivity contribution in [3.05, 3.63) is 51.7 Å². The van der Waals surface area contributed by atoms with Gasteiger partial charge in [0.15, 0.2) is 0 Å². The van der Waals surface area contributed by atoms with Crippen molar-refractivity contribution in [1.82, 2.24) is 5.32 Å². The summed E-state index contributed by atoms with van der Waals surface area (Å²) in [4.78, 5) is 13.6. The molecule has 2 aromatic rings. The van der Waals surface area contributed by atoms with E-state index in [2.05, 4.69) is 29.0 Å². The maximum absolute atomic E-state index is 12.3. The lowest BCUT2D eigenvalue weighted by Crippen LogP contribution is -2.34. The molecule has 0 bridgehead atoms. The lowest BCUT2D eigenvalue weighted by molar-refractivity contribution is 0.0939. The predicted octanol–water partition coefficient (Wildman–Crippen LogP) is 3.85. The van der Waals surface area contributed by atoms with Crippen LogP contribution in [0.25, 0.3) is 0 Å². The van der Waals surface area contributed by atoms with Crippen LogP contribution in [0.4, 0.5) is 5.69 Å². The second-order valence-corrected chi connectivity index (χ2v) is 6.25. The first-order valence-electron chi connectivity index (χ1n) is 7.28. The van der Waals surface area contributed by atoms with Crippen LogP contribution in [0.15, 0.2) is 35.7 Å². The van der Waals surface area contributed by atoms with Gasteiger partial charge >= 0.3 is 0 Å². The first-order valence-corrected chi connectivity index (χ1v) is 8.16. The van der Waals surface area contributed by atoms with Gasteiger partial charge in [0, 0.05) is 35.1 Å². The average molecular weight is 302 g/mol. The number of amides is 1. The Morgan fingerprint density at radius 3 is 2.76 bits per heavy atom. The van der Waals surface area contributed by atoms with Crippen LogP contribution in [0.2, 0.25) is 0 Å². The smallest absolute Gasteiger partial charge is 0.251 e. The number of aryl methyl sites for hydroxylation is 1. The van der Waals surface area contributed by atoms with Gasteiger partial charge in [-0.2, -0.15) is 0 Å². The molecule has 0 saturated heterocycles. The van der Waals surface area contributed by atoms with Crippen molar-refractivity contribution in [3.63, 3.8) is 0 Å². The molecule has 112 valence electrons. The second-order valence-electron chi connectivity index (χ2n) is 5.22. The Hall–Kier alpha value is -1.81. The molecule has 4 heteroatoms. The van der Waals surface area contributed by atoms with Gasteiger partial charge in [-0.25, -0.2) is 0 Å². The zero-order chi connectivity index (χ0) is 15.2. The maximum atomic E-state index is 12.3. The molecule has 0 saturated carbocycles. The number of nitrogens with one attached hydrogen (secondary N) is 2. The molecule has 1 aromatic carbocycles. The van der Waals surface area contributed by atoms with Gasteiger partial charge in [-0.3, -0.25) is 4.79 Å². The van der Waals surface area contributed by atoms with E-state index in [1.54, 1.807) is 11.3 Å². The molecule has 1 atom stereocenters. The van der Waals surface area contributed by atoms with Crippen LogP contribution in [0.3, 0.4) is 0 Å². The standard InChI is InChI=1S/C17H22N2OS/c1-4-18-14-7-8-16(12(2)10-14)17(20)19-13(3)11-15-6-5-9-21-15/h5-10,13,18H,4,11H2,1-3H3,(H,19,20). The Balaban J connectivity index is 1.99. The van der Waals surface area contributed by atoms with Gasteiger partial charge in [0.2, 0.25) is 0 Å². The number of thiophene rings is 1. The minimum absolute atomic E-state index is 0.000366. The van der Waals surface area contributed by atoms with Crippen molar-refractivity contribution in [3.8, 4) is 0 Å². The summed E-state index contributed by atoms with van der Waals surface area (Å²) in [6, 6.07) is 10.1. The molecular weight excluding hydrogens is 280 g/mol. The highest BCUT2D eigenvalue weighted by atomic mass is 32.1. The molecule has 3 nitrogen and oxygen atoms in total. The van der Waals surface area contributed by atoms with Crippen molar-refractivity contribution in [2.24, 2.45) is 0 Å². The molecular formula is C17H22N2OS. The molecule has 0 spiro atoms. The van der Waals surface area contributed by atoms with E-state index in [4.69, 9.17) is 0 Å². The number of hydrogen-bond donors (Lipinski definition) is 2. The fraction of sp³-hybridized carbons (Fsp3) is 0.353. The molecule has 0 radical (unpaired) electrons. The van der Waals surface area contributed by atoms with Gasteiger partial charge in [0.25, 0.3) is 5.91 Å². The highest BCUT2D eigenvalue weighted by Gasteiger charge is 2.13. The van der Waals surface area contributed by atoms with E-state index in [0.29, 0.717) is 0 Å². The van der Waals surface area contributed by atoms with Crippen LogP contribution in [0, 0.1) is 6.92 Å². The lowest BCUT2D eigenvalue weighted by Gasteiger charge is -2.15. The average Bonchev–Trinajstić information content (AvgIpc) is 2.91. The Morgan fingerprint density at radius 1 is 1.33 bits per heavy atom. The number of carbonyl (C=O) groups excluding carboxylic acids is 1. The lowest BCUT2D eigenvalue weighted by atomic mass is 10.1. The fourth-order valence-electron chi connectivity index (χ4n) is 2.32. The van der Waals surface area contributed by atoms with E-state index in [9.17, 15) is 4.79 Å². The monoisotopic (exact) mass is 302 g/mol. The van der Waals surface area contributed by atoms with E-state index in [1.165, 1.54) is 4.88 Å². The van der Waals surface area contributed by atoms with Gasteiger partial charge in [-0.1, -0.05) is 6.07 Å². The van der Waals surface area contributed by atoms with Crippen LogP contribution < -0.4 is 10.6 Å². The summed E-state index contributed by atoms with van der Waals surface area (Å²) in [5, 5.41) is 8.39. The van der Waals surface area contributed by atoms with Gasteiger partial charge < -0.3 is 10.6 Å². The third-order valence-corrected chi connectivity index (χ3v) is 4.22. The van der Waals surface area contributed by atoms with E-state index in [-0.39, 0.29) is 11.9 Å². The molecule has 0 aliphatic carbocycles. The fourth-order valence-corrected chi connectivity index (χ4v) is 3.15. The first-order chi connectivity index (χ1) is 10.1. The largest absolute Gasteiger partial charge is 0.385 e. The number of benzene rings is 1. The second kappa shape index (κ2) is 7.27. The normalized spacial score (nSPS) is 12.0. The molecule has 1 amide bonds. The Labute approximate surface area is 130 Å². The van der Waals surface area contributed by atoms with Crippen LogP contribution in [-0.4, -0.2) is 18.5 Å². The molecule has 1 heterocycles.